The monoisotopic (exact) mass is 358 g/mol. The van der Waals surface area contributed by atoms with E-state index in [2.05, 4.69) is 47.9 Å². The molecule has 1 aliphatic heterocycles. The maximum absolute atomic E-state index is 8.83. The second-order valence-corrected chi connectivity index (χ2v) is 7.87. The zero-order valence-electron chi connectivity index (χ0n) is 14.4. The van der Waals surface area contributed by atoms with E-state index in [0.29, 0.717) is 11.9 Å². The first-order chi connectivity index (χ1) is 10.7. The molecule has 2 rings (SSSR count). The van der Waals surface area contributed by atoms with Gasteiger partial charge in [-0.3, -0.25) is 4.90 Å². The highest BCUT2D eigenvalue weighted by atomic mass is 35.5. The van der Waals surface area contributed by atoms with E-state index in [1.54, 1.807) is 0 Å². The fourth-order valence-corrected chi connectivity index (χ4v) is 3.89. The number of aliphatic hydroxyl groups excluding tert-OH is 1. The Kier molecular flexibility index (Phi) is 10.0. The molecule has 132 valence electrons. The Balaban J connectivity index is 0.00000264. The lowest BCUT2D eigenvalue weighted by atomic mass is 10.2. The second kappa shape index (κ2) is 11.2. The van der Waals surface area contributed by atoms with Crippen molar-refractivity contribution >= 4 is 29.9 Å². The van der Waals surface area contributed by atoms with Gasteiger partial charge in [0.25, 0.3) is 0 Å². The number of nitrogens with zero attached hydrogens (tertiary/aromatic N) is 2. The van der Waals surface area contributed by atoms with Crippen LogP contribution in [-0.4, -0.2) is 54.6 Å². The summed E-state index contributed by atoms with van der Waals surface area (Å²) in [5.74, 6) is 0. The van der Waals surface area contributed by atoms with Gasteiger partial charge in [-0.25, -0.2) is 0 Å². The third-order valence-corrected chi connectivity index (χ3v) is 5.14. The minimum atomic E-state index is 0. The quantitative estimate of drug-likeness (QED) is 0.563. The highest BCUT2D eigenvalue weighted by Gasteiger charge is 2.19. The summed E-state index contributed by atoms with van der Waals surface area (Å²) in [4.78, 5) is 6.51. The number of benzene rings is 1. The Morgan fingerprint density at radius 2 is 1.74 bits per heavy atom. The minimum Gasteiger partial charge on any atom is -0.396 e. The number of halogens is 1. The van der Waals surface area contributed by atoms with Crippen molar-refractivity contribution in [3.8, 4) is 0 Å². The predicted molar refractivity (Wildman–Crippen MR) is 104 cm³/mol. The van der Waals surface area contributed by atoms with Gasteiger partial charge in [0.1, 0.15) is 0 Å². The Labute approximate surface area is 151 Å². The topological polar surface area (TPSA) is 26.7 Å². The average molecular weight is 359 g/mol. The number of rotatable bonds is 8. The molecule has 0 radical (unpaired) electrons. The molecule has 1 aromatic carbocycles. The van der Waals surface area contributed by atoms with Gasteiger partial charge in [0.05, 0.1) is 5.69 Å². The number of piperazine rings is 1. The van der Waals surface area contributed by atoms with Crippen molar-refractivity contribution in [3.05, 3.63) is 24.3 Å². The summed E-state index contributed by atoms with van der Waals surface area (Å²) in [6, 6.07) is 8.81. The summed E-state index contributed by atoms with van der Waals surface area (Å²) in [6.45, 7) is 10.6. The first-order valence-corrected chi connectivity index (χ1v) is 9.42. The zero-order chi connectivity index (χ0) is 15.8. The van der Waals surface area contributed by atoms with Gasteiger partial charge in [0.2, 0.25) is 0 Å². The van der Waals surface area contributed by atoms with Gasteiger partial charge in [-0.05, 0) is 37.9 Å². The summed E-state index contributed by atoms with van der Waals surface area (Å²) in [5, 5.41) is 9.45. The highest BCUT2D eigenvalue weighted by Crippen LogP contribution is 2.33. The summed E-state index contributed by atoms with van der Waals surface area (Å²) in [6.07, 6.45) is 3.30. The molecular formula is C18H31ClN2OS. The van der Waals surface area contributed by atoms with E-state index in [-0.39, 0.29) is 12.4 Å². The summed E-state index contributed by atoms with van der Waals surface area (Å²) in [7, 11) is 0. The zero-order valence-corrected chi connectivity index (χ0v) is 16.0. The van der Waals surface area contributed by atoms with Crippen LogP contribution >= 0.6 is 24.2 Å². The van der Waals surface area contributed by atoms with Crippen LogP contribution in [0.5, 0.6) is 0 Å². The third kappa shape index (κ3) is 6.92. The number of aliphatic hydroxyl groups is 1. The van der Waals surface area contributed by atoms with E-state index in [1.165, 1.54) is 23.5 Å². The average Bonchev–Trinajstić information content (AvgIpc) is 2.52. The molecule has 0 atom stereocenters. The maximum atomic E-state index is 8.83. The van der Waals surface area contributed by atoms with E-state index in [1.807, 2.05) is 11.8 Å². The maximum Gasteiger partial charge on any atom is 0.0505 e. The molecule has 1 N–H and O–H groups in total. The van der Waals surface area contributed by atoms with Crippen molar-refractivity contribution in [1.29, 1.82) is 0 Å². The van der Waals surface area contributed by atoms with Crippen molar-refractivity contribution in [2.45, 2.75) is 43.3 Å². The Morgan fingerprint density at radius 3 is 2.39 bits per heavy atom. The molecule has 0 amide bonds. The second-order valence-electron chi connectivity index (χ2n) is 6.25. The molecule has 0 bridgehead atoms. The van der Waals surface area contributed by atoms with Crippen molar-refractivity contribution in [1.82, 2.24) is 4.90 Å². The van der Waals surface area contributed by atoms with Crippen LogP contribution < -0.4 is 4.90 Å². The minimum absolute atomic E-state index is 0. The summed E-state index contributed by atoms with van der Waals surface area (Å²) < 4.78 is 0. The normalized spacial score (nSPS) is 15.7. The van der Waals surface area contributed by atoms with Gasteiger partial charge >= 0.3 is 0 Å². The molecule has 0 aliphatic carbocycles. The predicted octanol–water partition coefficient (Wildman–Crippen LogP) is 3.89. The van der Waals surface area contributed by atoms with E-state index < -0.39 is 0 Å². The number of hydrogen-bond donors (Lipinski definition) is 1. The molecule has 1 fully saturated rings. The molecule has 3 nitrogen and oxygen atoms in total. The number of hydrogen-bond acceptors (Lipinski definition) is 4. The molecule has 1 aliphatic rings. The molecule has 1 aromatic rings. The largest absolute Gasteiger partial charge is 0.396 e. The van der Waals surface area contributed by atoms with Crippen LogP contribution in [0.4, 0.5) is 5.69 Å². The first kappa shape index (κ1) is 20.6. The number of thioether (sulfide) groups is 1. The van der Waals surface area contributed by atoms with Crippen LogP contribution in [0.3, 0.4) is 0 Å². The van der Waals surface area contributed by atoms with Crippen LogP contribution in [0.25, 0.3) is 0 Å². The summed E-state index contributed by atoms with van der Waals surface area (Å²) >= 11 is 1.96. The number of unbranched alkanes of at least 4 members (excludes halogenated alkanes) is 2. The first-order valence-electron chi connectivity index (χ1n) is 8.54. The van der Waals surface area contributed by atoms with Gasteiger partial charge in [0.15, 0.2) is 0 Å². The van der Waals surface area contributed by atoms with Gasteiger partial charge in [-0.1, -0.05) is 26.0 Å². The fraction of sp³-hybridized carbons (Fsp3) is 0.667. The molecule has 1 saturated heterocycles. The van der Waals surface area contributed by atoms with E-state index in [9.17, 15) is 0 Å². The van der Waals surface area contributed by atoms with Crippen LogP contribution in [0.15, 0.2) is 29.2 Å². The lowest BCUT2D eigenvalue weighted by Crippen LogP contribution is -2.46. The van der Waals surface area contributed by atoms with E-state index in [4.69, 9.17) is 5.11 Å². The lowest BCUT2D eigenvalue weighted by Gasteiger charge is -2.37. The molecule has 0 saturated carbocycles. The van der Waals surface area contributed by atoms with Crippen LogP contribution in [-0.2, 0) is 0 Å². The molecular weight excluding hydrogens is 328 g/mol. The van der Waals surface area contributed by atoms with Gasteiger partial charge in [-0.15, -0.1) is 24.2 Å². The Bertz CT molecular complexity index is 437. The Hall–Kier alpha value is -0.420. The lowest BCUT2D eigenvalue weighted by molar-refractivity contribution is 0.242. The molecule has 0 spiro atoms. The number of para-hydroxylation sites is 1. The van der Waals surface area contributed by atoms with Crippen LogP contribution in [0, 0.1) is 0 Å². The fourth-order valence-electron chi connectivity index (χ4n) is 2.91. The van der Waals surface area contributed by atoms with E-state index in [0.717, 1.165) is 39.0 Å². The molecule has 23 heavy (non-hydrogen) atoms. The van der Waals surface area contributed by atoms with Gasteiger partial charge in [-0.2, -0.15) is 0 Å². The highest BCUT2D eigenvalue weighted by molar-refractivity contribution is 8.00. The van der Waals surface area contributed by atoms with Crippen molar-refractivity contribution in [2.75, 3.05) is 44.2 Å². The van der Waals surface area contributed by atoms with Gasteiger partial charge < -0.3 is 10.0 Å². The van der Waals surface area contributed by atoms with Crippen molar-refractivity contribution in [2.24, 2.45) is 0 Å². The molecule has 0 unspecified atom stereocenters. The number of anilines is 1. The molecule has 1 heterocycles. The van der Waals surface area contributed by atoms with E-state index >= 15 is 0 Å². The third-order valence-electron chi connectivity index (χ3n) is 4.07. The molecule has 0 aromatic heterocycles. The molecule has 5 heteroatoms. The van der Waals surface area contributed by atoms with Crippen molar-refractivity contribution in [3.63, 3.8) is 0 Å². The smallest absolute Gasteiger partial charge is 0.0505 e. The van der Waals surface area contributed by atoms with Gasteiger partial charge in [0, 0.05) is 42.9 Å². The van der Waals surface area contributed by atoms with Crippen LogP contribution in [0.2, 0.25) is 0 Å². The van der Waals surface area contributed by atoms with Crippen molar-refractivity contribution < 1.29 is 5.11 Å². The standard InChI is InChI=1S/C18H30N2OS.ClH/c1-16(2)22-18-9-5-4-8-17(18)20-13-11-19(12-14-20)10-6-3-7-15-21;/h4-5,8-9,16,21H,3,6-7,10-15H2,1-2H3;1H. The Morgan fingerprint density at radius 1 is 1.04 bits per heavy atom. The SMILES string of the molecule is CC(C)Sc1ccccc1N1CCN(CCCCCO)CC1.Cl. The van der Waals surface area contributed by atoms with Crippen LogP contribution in [0.1, 0.15) is 33.1 Å². The summed E-state index contributed by atoms with van der Waals surface area (Å²) in [5.41, 5.74) is 1.40.